The quantitative estimate of drug-likeness (QED) is 0.0197. The van der Waals surface area contributed by atoms with E-state index in [0.29, 0.717) is 19.3 Å². The van der Waals surface area contributed by atoms with Gasteiger partial charge in [-0.3, -0.25) is 23.4 Å². The van der Waals surface area contributed by atoms with Crippen molar-refractivity contribution >= 4 is 25.7 Å². The zero-order valence-electron chi connectivity index (χ0n) is 53.0. The summed E-state index contributed by atoms with van der Waals surface area (Å²) in [5, 5.41) is 9.87. The molecule has 0 amide bonds. The summed E-state index contributed by atoms with van der Waals surface area (Å²) in [5.41, 5.74) is 0. The Morgan fingerprint density at radius 1 is 0.354 bits per heavy atom. The molecule has 2 N–H and O–H groups in total. The topological polar surface area (TPSA) is 155 Å². The second-order valence-corrected chi connectivity index (χ2v) is 24.1. The summed E-state index contributed by atoms with van der Waals surface area (Å²) >= 11 is 0. The highest BCUT2D eigenvalue weighted by Gasteiger charge is 2.28. The van der Waals surface area contributed by atoms with Crippen LogP contribution in [0.2, 0.25) is 0 Å². The molecule has 82 heavy (non-hydrogen) atoms. The number of aliphatic hydroxyl groups excluding tert-OH is 1. The number of rotatable bonds is 63. The molecule has 11 nitrogen and oxygen atoms in total. The number of carbonyl (C=O) groups is 3. The molecule has 0 saturated carbocycles. The molecule has 0 heterocycles. The molecular formula is C70H125O11P. The molecule has 0 aromatic rings. The first kappa shape index (κ1) is 78.9. The minimum Gasteiger partial charge on any atom is -0.462 e. The number of esters is 3. The van der Waals surface area contributed by atoms with Crippen molar-refractivity contribution in [3.8, 4) is 0 Å². The van der Waals surface area contributed by atoms with Crippen LogP contribution in [0.1, 0.15) is 316 Å². The van der Waals surface area contributed by atoms with Crippen LogP contribution in [0, 0.1) is 0 Å². The highest BCUT2D eigenvalue weighted by Crippen LogP contribution is 2.43. The van der Waals surface area contributed by atoms with Gasteiger partial charge in [-0.25, -0.2) is 4.57 Å². The number of hydrogen-bond donors (Lipinski definition) is 2. The number of carbonyl (C=O) groups excluding carboxylic acids is 3. The lowest BCUT2D eigenvalue weighted by atomic mass is 10.0. The van der Waals surface area contributed by atoms with Gasteiger partial charge in [-0.05, 0) is 89.9 Å². The zero-order valence-corrected chi connectivity index (χ0v) is 53.8. The van der Waals surface area contributed by atoms with E-state index in [0.717, 1.165) is 89.9 Å². The Labute approximate surface area is 503 Å². The summed E-state index contributed by atoms with van der Waals surface area (Å²) in [7, 11) is -4.77. The van der Waals surface area contributed by atoms with Crippen molar-refractivity contribution in [3.63, 3.8) is 0 Å². The van der Waals surface area contributed by atoms with E-state index in [1.165, 1.54) is 167 Å². The summed E-state index contributed by atoms with van der Waals surface area (Å²) < 4.78 is 39.7. The molecule has 0 aromatic heterocycles. The van der Waals surface area contributed by atoms with Crippen LogP contribution in [0.4, 0.5) is 0 Å². The van der Waals surface area contributed by atoms with Gasteiger partial charge >= 0.3 is 25.7 Å². The van der Waals surface area contributed by atoms with E-state index in [1.54, 1.807) is 0 Å². The molecule has 0 bridgehead atoms. The first-order valence-corrected chi connectivity index (χ1v) is 35.3. The SMILES string of the molecule is CC/C=C\C/C=C\C/C=C\C/C=C\C/C=C\CCCCCC(=O)OC(COC(=O)CCCCCCCCCCCCCCCCCCC)COP(=O)(O)OCC(CO)OC(=O)CCCCCCCCCCC/C=C\CCCCCCCC. The van der Waals surface area contributed by atoms with E-state index in [1.807, 2.05) is 0 Å². The van der Waals surface area contributed by atoms with E-state index in [2.05, 4.69) is 93.7 Å². The molecule has 3 unspecified atom stereocenters. The van der Waals surface area contributed by atoms with Gasteiger partial charge in [-0.2, -0.15) is 0 Å². The molecule has 0 saturated heterocycles. The van der Waals surface area contributed by atoms with Gasteiger partial charge in [0.1, 0.15) is 12.7 Å². The van der Waals surface area contributed by atoms with Gasteiger partial charge in [0.25, 0.3) is 0 Å². The fraction of sp³-hybridized carbons (Fsp3) is 0.786. The first-order chi connectivity index (χ1) is 40.2. The zero-order chi connectivity index (χ0) is 59.8. The Kier molecular flexibility index (Phi) is 61.5. The molecule has 12 heteroatoms. The highest BCUT2D eigenvalue weighted by atomic mass is 31.2. The highest BCUT2D eigenvalue weighted by molar-refractivity contribution is 7.47. The summed E-state index contributed by atoms with van der Waals surface area (Å²) in [4.78, 5) is 48.8. The summed E-state index contributed by atoms with van der Waals surface area (Å²) in [6, 6.07) is 0. The molecule has 0 aliphatic heterocycles. The number of unbranched alkanes of at least 4 members (excludes halogenated alkanes) is 34. The Hall–Kier alpha value is -3.08. The average molecular weight is 1170 g/mol. The van der Waals surface area contributed by atoms with Gasteiger partial charge in [0.15, 0.2) is 6.10 Å². The van der Waals surface area contributed by atoms with E-state index in [-0.39, 0.29) is 25.9 Å². The fourth-order valence-electron chi connectivity index (χ4n) is 9.50. The lowest BCUT2D eigenvalue weighted by molar-refractivity contribution is -0.161. The van der Waals surface area contributed by atoms with Crippen LogP contribution in [-0.4, -0.2) is 66.5 Å². The standard InChI is InChI=1S/C70H125O11P/c1-4-7-10-13-16-19-22-25-28-31-33-36-39-42-45-48-51-54-57-60-69(73)80-66(62-71)64-78-82(75,76)79-65-67(63-77-68(72)59-56-53-50-47-44-41-38-35-30-27-24-21-18-15-12-9-6-3)81-70(74)61-58-55-52-49-46-43-40-37-34-32-29-26-23-20-17-14-11-8-5-2/h8,11,17,20,25-26,28-29,34,37,43,46,66-67,71H,4-7,9-10,12-16,18-19,21-24,27,30-33,35-36,38-42,44-45,47-65H2,1-3H3,(H,75,76)/b11-8-,20-17-,28-25-,29-26-,37-34-,46-43-. The third-order valence-corrected chi connectivity index (χ3v) is 15.6. The van der Waals surface area contributed by atoms with Crippen LogP contribution < -0.4 is 0 Å². The minimum atomic E-state index is -4.77. The minimum absolute atomic E-state index is 0.129. The van der Waals surface area contributed by atoms with Crippen molar-refractivity contribution in [1.82, 2.24) is 0 Å². The van der Waals surface area contributed by atoms with E-state index < -0.39 is 57.8 Å². The van der Waals surface area contributed by atoms with Crippen LogP contribution >= 0.6 is 7.82 Å². The molecule has 0 aromatic carbocycles. The van der Waals surface area contributed by atoms with Gasteiger partial charge < -0.3 is 24.2 Å². The van der Waals surface area contributed by atoms with Crippen molar-refractivity contribution in [2.45, 2.75) is 328 Å². The van der Waals surface area contributed by atoms with Gasteiger partial charge in [0.2, 0.25) is 0 Å². The molecule has 0 radical (unpaired) electrons. The molecule has 0 fully saturated rings. The second kappa shape index (κ2) is 63.9. The molecule has 0 aliphatic rings. The van der Waals surface area contributed by atoms with Gasteiger partial charge in [-0.1, -0.05) is 280 Å². The molecule has 476 valence electrons. The summed E-state index contributed by atoms with van der Waals surface area (Å²) in [5.74, 6) is -1.49. The van der Waals surface area contributed by atoms with E-state index in [9.17, 15) is 28.9 Å². The maximum atomic E-state index is 13.0. The van der Waals surface area contributed by atoms with Gasteiger partial charge in [-0.15, -0.1) is 0 Å². The van der Waals surface area contributed by atoms with Crippen LogP contribution in [-0.2, 0) is 42.2 Å². The third-order valence-electron chi connectivity index (χ3n) is 14.6. The predicted octanol–water partition coefficient (Wildman–Crippen LogP) is 20.8. The summed E-state index contributed by atoms with van der Waals surface area (Å²) in [6.07, 6.45) is 74.2. The second-order valence-electron chi connectivity index (χ2n) is 22.6. The van der Waals surface area contributed by atoms with Crippen molar-refractivity contribution in [1.29, 1.82) is 0 Å². The maximum Gasteiger partial charge on any atom is 0.472 e. The number of phosphoric acid groups is 1. The first-order valence-electron chi connectivity index (χ1n) is 33.8. The Morgan fingerprint density at radius 2 is 0.634 bits per heavy atom. The fourth-order valence-corrected chi connectivity index (χ4v) is 10.3. The van der Waals surface area contributed by atoms with Crippen LogP contribution in [0.5, 0.6) is 0 Å². The van der Waals surface area contributed by atoms with Crippen LogP contribution in [0.15, 0.2) is 72.9 Å². The predicted molar refractivity (Wildman–Crippen MR) is 344 cm³/mol. The number of phosphoric ester groups is 1. The van der Waals surface area contributed by atoms with E-state index in [4.69, 9.17) is 23.3 Å². The normalized spacial score (nSPS) is 13.7. The molecule has 0 rings (SSSR count). The third kappa shape index (κ3) is 61.5. The molecule has 0 aliphatic carbocycles. The van der Waals surface area contributed by atoms with Crippen LogP contribution in [0.3, 0.4) is 0 Å². The number of ether oxygens (including phenoxy) is 3. The lowest BCUT2D eigenvalue weighted by Gasteiger charge is -2.21. The number of allylic oxidation sites excluding steroid dienone is 12. The van der Waals surface area contributed by atoms with Crippen molar-refractivity contribution in [3.05, 3.63) is 72.9 Å². The Morgan fingerprint density at radius 3 is 1.00 bits per heavy atom. The van der Waals surface area contributed by atoms with Gasteiger partial charge in [0, 0.05) is 19.3 Å². The molecule has 0 spiro atoms. The van der Waals surface area contributed by atoms with E-state index >= 15 is 0 Å². The number of hydrogen-bond acceptors (Lipinski definition) is 10. The van der Waals surface area contributed by atoms with Crippen molar-refractivity contribution < 1.29 is 52.2 Å². The smallest absolute Gasteiger partial charge is 0.462 e. The van der Waals surface area contributed by atoms with Crippen LogP contribution in [0.25, 0.3) is 0 Å². The Bertz CT molecular complexity index is 1650. The maximum absolute atomic E-state index is 13.0. The van der Waals surface area contributed by atoms with Crippen molar-refractivity contribution in [2.75, 3.05) is 26.4 Å². The molecule has 3 atom stereocenters. The largest absolute Gasteiger partial charge is 0.472 e. The average Bonchev–Trinajstić information content (AvgIpc) is 3.50. The van der Waals surface area contributed by atoms with Gasteiger partial charge in [0.05, 0.1) is 19.8 Å². The number of aliphatic hydroxyl groups is 1. The van der Waals surface area contributed by atoms with Crippen molar-refractivity contribution in [2.24, 2.45) is 0 Å². The molecular weight excluding hydrogens is 1050 g/mol. The monoisotopic (exact) mass is 1170 g/mol. The Balaban J connectivity index is 4.70. The lowest BCUT2D eigenvalue weighted by Crippen LogP contribution is -2.30. The summed E-state index contributed by atoms with van der Waals surface area (Å²) in [6.45, 7) is 4.55.